The average Bonchev–Trinajstić information content (AvgIpc) is 2.81. The third-order valence-electron chi connectivity index (χ3n) is 4.03. The van der Waals surface area contributed by atoms with Crippen molar-refractivity contribution >= 4 is 22.6 Å². The van der Waals surface area contributed by atoms with Gasteiger partial charge >= 0.3 is 6.03 Å². The predicted molar refractivity (Wildman–Crippen MR) is 92.3 cm³/mol. The largest absolute Gasteiger partial charge is 0.327 e. The molecule has 1 saturated heterocycles. The number of urea groups is 1. The number of nitrogens with zero attached hydrogens (tertiary/aromatic N) is 4. The third-order valence-corrected chi connectivity index (χ3v) is 5.04. The molecule has 22 heavy (non-hydrogen) atoms. The van der Waals surface area contributed by atoms with Crippen LogP contribution in [0, 0.1) is 6.92 Å². The Morgan fingerprint density at radius 3 is 2.55 bits per heavy atom. The minimum Gasteiger partial charge on any atom is -0.308 e. The summed E-state index contributed by atoms with van der Waals surface area (Å²) in [6, 6.07) is 0.0369. The Bertz CT molecular complexity index is 561. The maximum absolute atomic E-state index is 12.8. The molecule has 1 fully saturated rings. The Balaban J connectivity index is 2.36. The van der Waals surface area contributed by atoms with Gasteiger partial charge in [-0.25, -0.2) is 4.79 Å². The fourth-order valence-corrected chi connectivity index (χ4v) is 3.47. The summed E-state index contributed by atoms with van der Waals surface area (Å²) in [7, 11) is 0. The van der Waals surface area contributed by atoms with E-state index in [4.69, 9.17) is 0 Å². The summed E-state index contributed by atoms with van der Waals surface area (Å²) in [4.78, 5) is 18.8. The Morgan fingerprint density at radius 1 is 1.36 bits per heavy atom. The Morgan fingerprint density at radius 2 is 2.05 bits per heavy atom. The first kappa shape index (κ1) is 17.0. The van der Waals surface area contributed by atoms with Gasteiger partial charge in [0.25, 0.3) is 0 Å². The molecule has 5 nitrogen and oxygen atoms in total. The van der Waals surface area contributed by atoms with Gasteiger partial charge in [-0.1, -0.05) is 13.0 Å². The van der Waals surface area contributed by atoms with E-state index in [-0.39, 0.29) is 11.6 Å². The Labute approximate surface area is 137 Å². The van der Waals surface area contributed by atoms with E-state index in [1.165, 1.54) is 11.5 Å². The lowest BCUT2D eigenvalue weighted by Gasteiger charge is -2.46. The van der Waals surface area contributed by atoms with Gasteiger partial charge in [-0.3, -0.25) is 9.80 Å². The molecular weight excluding hydrogens is 296 g/mol. The fraction of sp³-hybridized carbons (Fsp3) is 0.625. The maximum Gasteiger partial charge on any atom is 0.327 e. The molecule has 0 aliphatic carbocycles. The van der Waals surface area contributed by atoms with Gasteiger partial charge in [-0.05, 0) is 45.6 Å². The minimum absolute atomic E-state index is 0.00938. The van der Waals surface area contributed by atoms with Crippen molar-refractivity contribution in [1.82, 2.24) is 14.2 Å². The summed E-state index contributed by atoms with van der Waals surface area (Å²) in [5.74, 6) is 0. The number of amides is 2. The number of hydrogen-bond donors (Lipinski definition) is 0. The van der Waals surface area contributed by atoms with Gasteiger partial charge in [0.1, 0.15) is 5.00 Å². The predicted octanol–water partition coefficient (Wildman–Crippen LogP) is 3.46. The van der Waals surface area contributed by atoms with Crippen LogP contribution in [0.1, 0.15) is 39.0 Å². The number of anilines is 1. The van der Waals surface area contributed by atoms with Gasteiger partial charge < -0.3 is 4.90 Å². The normalized spacial score (nSPS) is 17.2. The van der Waals surface area contributed by atoms with Crippen molar-refractivity contribution in [3.05, 3.63) is 23.9 Å². The van der Waals surface area contributed by atoms with Crippen LogP contribution in [0.2, 0.25) is 0 Å². The zero-order chi connectivity index (χ0) is 16.5. The zero-order valence-corrected chi connectivity index (χ0v) is 15.0. The van der Waals surface area contributed by atoms with Crippen LogP contribution >= 0.6 is 11.5 Å². The van der Waals surface area contributed by atoms with Crippen LogP contribution in [0.25, 0.3) is 0 Å². The lowest BCUT2D eigenvalue weighted by Crippen LogP contribution is -2.62. The quantitative estimate of drug-likeness (QED) is 0.797. The number of carbonyl (C=O) groups excluding carboxylic acids is 1. The fourth-order valence-electron chi connectivity index (χ4n) is 2.52. The molecule has 2 rings (SSSR count). The summed E-state index contributed by atoms with van der Waals surface area (Å²) in [6.07, 6.45) is 2.67. The summed E-state index contributed by atoms with van der Waals surface area (Å²) in [5, 5.41) is 0.963. The molecule has 0 saturated carbocycles. The highest BCUT2D eigenvalue weighted by Gasteiger charge is 2.36. The van der Waals surface area contributed by atoms with Crippen LogP contribution in [0.3, 0.4) is 0 Å². The number of hydrogen-bond acceptors (Lipinski definition) is 4. The third kappa shape index (κ3) is 3.17. The molecule has 2 heterocycles. The van der Waals surface area contributed by atoms with Crippen molar-refractivity contribution in [2.45, 2.75) is 46.6 Å². The maximum atomic E-state index is 12.8. The molecule has 0 atom stereocenters. The molecule has 0 spiro atoms. The molecule has 0 bridgehead atoms. The monoisotopic (exact) mass is 322 g/mol. The van der Waals surface area contributed by atoms with E-state index in [2.05, 4.69) is 50.5 Å². The average molecular weight is 322 g/mol. The van der Waals surface area contributed by atoms with Crippen LogP contribution in [0.15, 0.2) is 12.7 Å². The smallest absolute Gasteiger partial charge is 0.308 e. The molecule has 122 valence electrons. The zero-order valence-electron chi connectivity index (χ0n) is 14.2. The molecule has 0 aromatic carbocycles. The first-order chi connectivity index (χ1) is 10.3. The van der Waals surface area contributed by atoms with E-state index < -0.39 is 0 Å². The molecule has 0 radical (unpaired) electrons. The molecule has 1 aromatic rings. The second-order valence-electron chi connectivity index (χ2n) is 6.63. The van der Waals surface area contributed by atoms with Gasteiger partial charge in [-0.2, -0.15) is 4.37 Å². The number of aromatic nitrogens is 1. The van der Waals surface area contributed by atoms with Crippen molar-refractivity contribution in [3.8, 4) is 0 Å². The van der Waals surface area contributed by atoms with E-state index in [1.54, 1.807) is 6.08 Å². The van der Waals surface area contributed by atoms with Gasteiger partial charge in [0, 0.05) is 17.6 Å². The molecule has 1 aliphatic heterocycles. The van der Waals surface area contributed by atoms with Crippen molar-refractivity contribution in [1.29, 1.82) is 0 Å². The first-order valence-corrected chi connectivity index (χ1v) is 8.44. The van der Waals surface area contributed by atoms with Gasteiger partial charge in [0.05, 0.1) is 19.0 Å². The van der Waals surface area contributed by atoms with E-state index in [1.807, 2.05) is 9.80 Å². The Hall–Kier alpha value is -1.40. The molecular formula is C16H26N4OS. The van der Waals surface area contributed by atoms with Gasteiger partial charge in [0.2, 0.25) is 0 Å². The number of aryl methyl sites for hydroxylation is 1. The summed E-state index contributed by atoms with van der Waals surface area (Å²) < 4.78 is 4.49. The first-order valence-electron chi connectivity index (χ1n) is 7.67. The molecule has 1 aliphatic rings. The van der Waals surface area contributed by atoms with E-state index >= 15 is 0 Å². The van der Waals surface area contributed by atoms with E-state index in [0.29, 0.717) is 19.9 Å². The number of rotatable bonds is 4. The SMILES string of the molecule is C=CCN1CN(C(C)(C)C)CN(c2snc(CC)c2C)C1=O. The molecule has 0 unspecified atom stereocenters. The second kappa shape index (κ2) is 6.38. The van der Waals surface area contributed by atoms with Crippen LogP contribution < -0.4 is 4.90 Å². The van der Waals surface area contributed by atoms with Crippen molar-refractivity contribution in [3.63, 3.8) is 0 Å². The van der Waals surface area contributed by atoms with Gasteiger partial charge in [0.15, 0.2) is 0 Å². The number of carbonyl (C=O) groups is 1. The van der Waals surface area contributed by atoms with E-state index in [0.717, 1.165) is 22.7 Å². The standard InChI is InChI=1S/C16H26N4OS/c1-7-9-18-10-19(16(4,5)6)11-20(15(18)21)14-12(3)13(8-2)17-22-14/h7H,1,8-11H2,2-6H3. The molecule has 6 heteroatoms. The minimum atomic E-state index is -0.00938. The highest BCUT2D eigenvalue weighted by atomic mass is 32.1. The van der Waals surface area contributed by atoms with Crippen LogP contribution in [0.5, 0.6) is 0 Å². The topological polar surface area (TPSA) is 39.7 Å². The summed E-state index contributed by atoms with van der Waals surface area (Å²) in [6.45, 7) is 16.2. The van der Waals surface area contributed by atoms with Crippen molar-refractivity contribution in [2.75, 3.05) is 24.8 Å². The molecule has 2 amide bonds. The molecule has 1 aromatic heterocycles. The van der Waals surface area contributed by atoms with Gasteiger partial charge in [-0.15, -0.1) is 6.58 Å². The van der Waals surface area contributed by atoms with Crippen molar-refractivity contribution < 1.29 is 4.79 Å². The van der Waals surface area contributed by atoms with Crippen LogP contribution in [0.4, 0.5) is 9.80 Å². The lowest BCUT2D eigenvalue weighted by atomic mass is 10.1. The summed E-state index contributed by atoms with van der Waals surface area (Å²) >= 11 is 1.42. The second-order valence-corrected chi connectivity index (χ2v) is 7.38. The van der Waals surface area contributed by atoms with Crippen LogP contribution in [-0.4, -0.2) is 45.6 Å². The Kier molecular flexibility index (Phi) is 4.92. The highest BCUT2D eigenvalue weighted by Crippen LogP contribution is 2.32. The van der Waals surface area contributed by atoms with Crippen molar-refractivity contribution in [2.24, 2.45) is 0 Å². The molecule has 0 N–H and O–H groups in total. The summed E-state index contributed by atoms with van der Waals surface area (Å²) in [5.41, 5.74) is 2.19. The lowest BCUT2D eigenvalue weighted by molar-refractivity contribution is 0.0563. The highest BCUT2D eigenvalue weighted by molar-refractivity contribution is 7.10. The van der Waals surface area contributed by atoms with E-state index in [9.17, 15) is 4.79 Å². The van der Waals surface area contributed by atoms with Crippen LogP contribution in [-0.2, 0) is 6.42 Å².